The molecular weight excluding hydrogens is 270 g/mol. The molecule has 0 aromatic heterocycles. The van der Waals surface area contributed by atoms with Gasteiger partial charge in [0.15, 0.2) is 0 Å². The molecule has 0 bridgehead atoms. The predicted molar refractivity (Wildman–Crippen MR) is 81.2 cm³/mol. The van der Waals surface area contributed by atoms with E-state index in [4.69, 9.17) is 4.74 Å². The van der Waals surface area contributed by atoms with E-state index >= 15 is 0 Å². The van der Waals surface area contributed by atoms with Gasteiger partial charge >= 0.3 is 0 Å². The second-order valence-electron chi connectivity index (χ2n) is 5.07. The number of anilines is 2. The Hall–Kier alpha value is -1.92. The number of rotatable bonds is 5. The zero-order chi connectivity index (χ0) is 15.1. The fourth-order valence-corrected chi connectivity index (χ4v) is 2.19. The minimum atomic E-state index is -0.166. The summed E-state index contributed by atoms with van der Waals surface area (Å²) in [5, 5.41) is 8.69. The number of nitrogens with one attached hydrogen (secondary N) is 3. The first-order valence-electron chi connectivity index (χ1n) is 7.13. The van der Waals surface area contributed by atoms with Crippen molar-refractivity contribution in [3.63, 3.8) is 0 Å². The Kier molecular flexibility index (Phi) is 5.71. The van der Waals surface area contributed by atoms with Gasteiger partial charge in [-0.25, -0.2) is 0 Å². The normalized spacial score (nSPS) is 15.5. The highest BCUT2D eigenvalue weighted by atomic mass is 16.5. The molecule has 1 aromatic carbocycles. The summed E-state index contributed by atoms with van der Waals surface area (Å²) in [6.07, 6.45) is 2.05. The first-order chi connectivity index (χ1) is 10.1. The zero-order valence-electron chi connectivity index (χ0n) is 12.1. The average molecular weight is 291 g/mol. The van der Waals surface area contributed by atoms with Gasteiger partial charge in [-0.15, -0.1) is 0 Å². The largest absolute Gasteiger partial charge is 0.368 e. The van der Waals surface area contributed by atoms with E-state index in [1.165, 1.54) is 6.92 Å². The number of carbonyl (C=O) groups excluding carboxylic acids is 2. The molecular formula is C15H21N3O3. The van der Waals surface area contributed by atoms with Gasteiger partial charge in [-0.1, -0.05) is 0 Å². The molecule has 2 rings (SSSR count). The van der Waals surface area contributed by atoms with Crippen LogP contribution < -0.4 is 16.0 Å². The van der Waals surface area contributed by atoms with Crippen LogP contribution in [-0.2, 0) is 14.3 Å². The van der Waals surface area contributed by atoms with Gasteiger partial charge in [0.05, 0.1) is 6.10 Å². The van der Waals surface area contributed by atoms with Crippen molar-refractivity contribution in [2.75, 3.05) is 30.3 Å². The molecule has 0 radical (unpaired) electrons. The molecule has 1 saturated heterocycles. The molecule has 0 spiro atoms. The number of hydrogen-bond acceptors (Lipinski definition) is 4. The summed E-state index contributed by atoms with van der Waals surface area (Å²) in [5.74, 6) is -0.289. The molecule has 6 heteroatoms. The Labute approximate surface area is 124 Å². The fourth-order valence-electron chi connectivity index (χ4n) is 2.19. The quantitative estimate of drug-likeness (QED) is 0.765. The fraction of sp³-hybridized carbons (Fsp3) is 0.467. The number of carbonyl (C=O) groups is 2. The standard InChI is InChI=1S/C15H21N3O3/c1-11(19)17-12-2-4-13(5-3-12)18-15(20)10-21-14-6-8-16-9-7-14/h2-5,14,16H,6-10H2,1H3,(H,17,19)(H,18,20). The van der Waals surface area contributed by atoms with Gasteiger partial charge in [0, 0.05) is 18.3 Å². The van der Waals surface area contributed by atoms with Crippen LogP contribution in [0.3, 0.4) is 0 Å². The van der Waals surface area contributed by atoms with Crippen LogP contribution in [-0.4, -0.2) is 37.6 Å². The van der Waals surface area contributed by atoms with Crippen LogP contribution in [0.5, 0.6) is 0 Å². The van der Waals surface area contributed by atoms with Crippen LogP contribution in [0.4, 0.5) is 11.4 Å². The van der Waals surface area contributed by atoms with Crippen LogP contribution in [0.25, 0.3) is 0 Å². The van der Waals surface area contributed by atoms with Gasteiger partial charge in [-0.2, -0.15) is 0 Å². The van der Waals surface area contributed by atoms with Gasteiger partial charge in [0.25, 0.3) is 0 Å². The summed E-state index contributed by atoms with van der Waals surface area (Å²) < 4.78 is 5.58. The smallest absolute Gasteiger partial charge is 0.250 e. The Bertz CT molecular complexity index is 481. The summed E-state index contributed by atoms with van der Waals surface area (Å²) in [5.41, 5.74) is 1.38. The van der Waals surface area contributed by atoms with Crippen molar-refractivity contribution in [3.8, 4) is 0 Å². The van der Waals surface area contributed by atoms with E-state index in [0.717, 1.165) is 25.9 Å². The Morgan fingerprint density at radius 3 is 2.29 bits per heavy atom. The number of ether oxygens (including phenoxy) is 1. The van der Waals surface area contributed by atoms with Crippen LogP contribution in [0.2, 0.25) is 0 Å². The van der Waals surface area contributed by atoms with Crippen LogP contribution >= 0.6 is 0 Å². The maximum atomic E-state index is 11.8. The summed E-state index contributed by atoms with van der Waals surface area (Å²) in [6.45, 7) is 3.40. The van der Waals surface area contributed by atoms with E-state index < -0.39 is 0 Å². The van der Waals surface area contributed by atoms with Gasteiger partial charge in [-0.3, -0.25) is 9.59 Å². The molecule has 1 fully saturated rings. The lowest BCUT2D eigenvalue weighted by Gasteiger charge is -2.22. The minimum Gasteiger partial charge on any atom is -0.368 e. The molecule has 1 aliphatic rings. The minimum absolute atomic E-state index is 0.0676. The highest BCUT2D eigenvalue weighted by Gasteiger charge is 2.14. The predicted octanol–water partition coefficient (Wildman–Crippen LogP) is 1.35. The van der Waals surface area contributed by atoms with Crippen molar-refractivity contribution in [2.45, 2.75) is 25.9 Å². The van der Waals surface area contributed by atoms with E-state index in [9.17, 15) is 9.59 Å². The molecule has 1 aromatic rings. The maximum absolute atomic E-state index is 11.8. The Morgan fingerprint density at radius 2 is 1.71 bits per heavy atom. The summed E-state index contributed by atoms with van der Waals surface area (Å²) in [4.78, 5) is 22.7. The number of amides is 2. The zero-order valence-corrected chi connectivity index (χ0v) is 12.1. The van der Waals surface area contributed by atoms with Crippen LogP contribution in [0.15, 0.2) is 24.3 Å². The Balaban J connectivity index is 1.75. The summed E-state index contributed by atoms with van der Waals surface area (Å²) in [7, 11) is 0. The van der Waals surface area contributed by atoms with E-state index in [1.807, 2.05) is 0 Å². The summed E-state index contributed by atoms with van der Waals surface area (Å²) in [6, 6.07) is 6.97. The third-order valence-corrected chi connectivity index (χ3v) is 3.23. The molecule has 1 aliphatic heterocycles. The molecule has 2 amide bonds. The second-order valence-corrected chi connectivity index (χ2v) is 5.07. The van der Waals surface area contributed by atoms with Crippen molar-refractivity contribution in [1.82, 2.24) is 5.32 Å². The SMILES string of the molecule is CC(=O)Nc1ccc(NC(=O)COC2CCNCC2)cc1. The second kappa shape index (κ2) is 7.75. The average Bonchev–Trinajstić information content (AvgIpc) is 2.48. The molecule has 114 valence electrons. The first-order valence-corrected chi connectivity index (χ1v) is 7.13. The summed E-state index contributed by atoms with van der Waals surface area (Å²) >= 11 is 0. The van der Waals surface area contributed by atoms with E-state index in [-0.39, 0.29) is 24.5 Å². The van der Waals surface area contributed by atoms with Crippen molar-refractivity contribution >= 4 is 23.2 Å². The molecule has 1 heterocycles. The lowest BCUT2D eigenvalue weighted by molar-refractivity contribution is -0.123. The van der Waals surface area contributed by atoms with Crippen molar-refractivity contribution in [3.05, 3.63) is 24.3 Å². The lowest BCUT2D eigenvalue weighted by Crippen LogP contribution is -2.34. The number of piperidine rings is 1. The van der Waals surface area contributed by atoms with Gasteiger partial charge in [0.2, 0.25) is 11.8 Å². The van der Waals surface area contributed by atoms with Crippen molar-refractivity contribution < 1.29 is 14.3 Å². The topological polar surface area (TPSA) is 79.5 Å². The third-order valence-electron chi connectivity index (χ3n) is 3.23. The Morgan fingerprint density at radius 1 is 1.14 bits per heavy atom. The molecule has 0 saturated carbocycles. The highest BCUT2D eigenvalue weighted by molar-refractivity contribution is 5.92. The van der Waals surface area contributed by atoms with E-state index in [1.54, 1.807) is 24.3 Å². The molecule has 0 unspecified atom stereocenters. The number of hydrogen-bond donors (Lipinski definition) is 3. The van der Waals surface area contributed by atoms with Gasteiger partial charge in [-0.05, 0) is 50.2 Å². The first kappa shape index (κ1) is 15.5. The van der Waals surface area contributed by atoms with Gasteiger partial charge < -0.3 is 20.7 Å². The maximum Gasteiger partial charge on any atom is 0.250 e. The highest BCUT2D eigenvalue weighted by Crippen LogP contribution is 2.13. The molecule has 0 atom stereocenters. The molecule has 6 nitrogen and oxygen atoms in total. The molecule has 21 heavy (non-hydrogen) atoms. The van der Waals surface area contributed by atoms with Crippen LogP contribution in [0.1, 0.15) is 19.8 Å². The molecule has 3 N–H and O–H groups in total. The number of benzene rings is 1. The van der Waals surface area contributed by atoms with E-state index in [0.29, 0.717) is 11.4 Å². The van der Waals surface area contributed by atoms with Gasteiger partial charge in [0.1, 0.15) is 6.61 Å². The monoisotopic (exact) mass is 291 g/mol. The van der Waals surface area contributed by atoms with Crippen molar-refractivity contribution in [2.24, 2.45) is 0 Å². The third kappa shape index (κ3) is 5.53. The van der Waals surface area contributed by atoms with Crippen LogP contribution in [0, 0.1) is 0 Å². The van der Waals surface area contributed by atoms with Crippen molar-refractivity contribution in [1.29, 1.82) is 0 Å². The molecule has 0 aliphatic carbocycles. The lowest BCUT2D eigenvalue weighted by atomic mass is 10.1. The van der Waals surface area contributed by atoms with E-state index in [2.05, 4.69) is 16.0 Å².